The Balaban J connectivity index is 2.66. The molecule has 2 nitrogen and oxygen atoms in total. The molecule has 0 aromatic heterocycles. The van der Waals surface area contributed by atoms with Crippen molar-refractivity contribution in [2.45, 2.75) is 6.29 Å². The average molecular weight is 133 g/mol. The molecule has 1 heterocycles. The largest absolute Gasteiger partial charge is 0.467 e. The van der Waals surface area contributed by atoms with Crippen LogP contribution in [0.1, 0.15) is 0 Å². The summed E-state index contributed by atoms with van der Waals surface area (Å²) < 4.78 is 4.56. The van der Waals surface area contributed by atoms with Crippen LogP contribution in [0.2, 0.25) is 0 Å². The Kier molecular flexibility index (Phi) is 1.56. The van der Waals surface area contributed by atoms with E-state index in [2.05, 4.69) is 4.74 Å². The molecular formula is C5H5ClO2. The topological polar surface area (TPSA) is 29.5 Å². The molecule has 44 valence electrons. The second kappa shape index (κ2) is 2.20. The number of aliphatic hydroxyl groups excluding tert-OH is 1. The molecule has 0 amide bonds. The van der Waals surface area contributed by atoms with Crippen LogP contribution in [0.25, 0.3) is 0 Å². The first-order valence-corrected chi connectivity index (χ1v) is 2.54. The van der Waals surface area contributed by atoms with Gasteiger partial charge < -0.3 is 9.84 Å². The van der Waals surface area contributed by atoms with Gasteiger partial charge in [-0.05, 0) is 12.2 Å². The molecule has 0 saturated heterocycles. The lowest BCUT2D eigenvalue weighted by molar-refractivity contribution is -0.0171. The fraction of sp³-hybridized carbons (Fsp3) is 0.200. The summed E-state index contributed by atoms with van der Waals surface area (Å²) in [6.45, 7) is 0. The van der Waals surface area contributed by atoms with Gasteiger partial charge in [0.2, 0.25) is 6.29 Å². The van der Waals surface area contributed by atoms with Gasteiger partial charge in [0.05, 0.1) is 11.3 Å². The molecule has 8 heavy (non-hydrogen) atoms. The minimum Gasteiger partial charge on any atom is -0.467 e. The first kappa shape index (κ1) is 5.66. The first-order valence-electron chi connectivity index (χ1n) is 2.16. The highest BCUT2D eigenvalue weighted by Crippen LogP contribution is 2.12. The van der Waals surface area contributed by atoms with Gasteiger partial charge in [-0.2, -0.15) is 0 Å². The summed E-state index contributed by atoms with van der Waals surface area (Å²) in [7, 11) is 0. The molecule has 0 aromatic rings. The summed E-state index contributed by atoms with van der Waals surface area (Å²) in [6, 6.07) is 0. The van der Waals surface area contributed by atoms with E-state index in [1.807, 2.05) is 0 Å². The number of hydrogen-bond donors (Lipinski definition) is 1. The van der Waals surface area contributed by atoms with Gasteiger partial charge >= 0.3 is 0 Å². The molecule has 0 saturated carbocycles. The highest BCUT2D eigenvalue weighted by atomic mass is 35.5. The first-order chi connectivity index (χ1) is 3.80. The smallest absolute Gasteiger partial charge is 0.233 e. The predicted octanol–water partition coefficient (Wildman–Crippen LogP) is 0.971. The molecule has 0 fully saturated rings. The van der Waals surface area contributed by atoms with Crippen molar-refractivity contribution in [1.29, 1.82) is 0 Å². The molecule has 1 aliphatic rings. The third kappa shape index (κ3) is 1.02. The van der Waals surface area contributed by atoms with Crippen molar-refractivity contribution in [2.75, 3.05) is 0 Å². The van der Waals surface area contributed by atoms with E-state index < -0.39 is 6.29 Å². The van der Waals surface area contributed by atoms with Crippen LogP contribution in [0.4, 0.5) is 0 Å². The maximum Gasteiger partial charge on any atom is 0.233 e. The Morgan fingerprint density at radius 2 is 2.50 bits per heavy atom. The Labute approximate surface area is 52.0 Å². The third-order valence-electron chi connectivity index (χ3n) is 0.777. The van der Waals surface area contributed by atoms with E-state index in [4.69, 9.17) is 16.7 Å². The minimum atomic E-state index is -0.957. The van der Waals surface area contributed by atoms with Gasteiger partial charge in [-0.3, -0.25) is 0 Å². The summed E-state index contributed by atoms with van der Waals surface area (Å²) in [5.74, 6) is 0. The number of ether oxygens (including phenoxy) is 1. The van der Waals surface area contributed by atoms with Crippen molar-refractivity contribution in [3.63, 3.8) is 0 Å². The molecule has 1 N–H and O–H groups in total. The number of halogens is 1. The number of allylic oxidation sites excluding steroid dienone is 2. The molecule has 1 atom stereocenters. The van der Waals surface area contributed by atoms with Crippen LogP contribution in [0, 0.1) is 0 Å². The van der Waals surface area contributed by atoms with Crippen LogP contribution in [-0.2, 0) is 4.74 Å². The van der Waals surface area contributed by atoms with Gasteiger partial charge in [0.25, 0.3) is 0 Å². The van der Waals surface area contributed by atoms with Crippen molar-refractivity contribution in [2.24, 2.45) is 0 Å². The maximum absolute atomic E-state index is 8.70. The summed E-state index contributed by atoms with van der Waals surface area (Å²) >= 11 is 5.40. The van der Waals surface area contributed by atoms with Crippen molar-refractivity contribution in [3.05, 3.63) is 23.4 Å². The second-order valence-electron chi connectivity index (χ2n) is 1.37. The highest BCUT2D eigenvalue weighted by Gasteiger charge is 2.08. The molecule has 1 rings (SSSR count). The van der Waals surface area contributed by atoms with Gasteiger partial charge in [-0.1, -0.05) is 11.6 Å². The third-order valence-corrected chi connectivity index (χ3v) is 1.09. The van der Waals surface area contributed by atoms with Crippen LogP contribution in [-0.4, -0.2) is 11.4 Å². The predicted molar refractivity (Wildman–Crippen MR) is 30.2 cm³/mol. The zero-order valence-corrected chi connectivity index (χ0v) is 4.80. The zero-order valence-electron chi connectivity index (χ0n) is 4.04. The fourth-order valence-electron chi connectivity index (χ4n) is 0.398. The van der Waals surface area contributed by atoms with Gasteiger partial charge in [0.1, 0.15) is 0 Å². The molecule has 3 heteroatoms. The van der Waals surface area contributed by atoms with Gasteiger partial charge in [-0.15, -0.1) is 0 Å². The maximum atomic E-state index is 8.70. The summed E-state index contributed by atoms with van der Waals surface area (Å²) in [4.78, 5) is 0. The van der Waals surface area contributed by atoms with E-state index in [0.29, 0.717) is 5.03 Å². The Bertz CT molecular complexity index is 139. The Morgan fingerprint density at radius 3 is 2.88 bits per heavy atom. The summed E-state index contributed by atoms with van der Waals surface area (Å²) in [5.41, 5.74) is 0. The molecule has 1 aliphatic heterocycles. The quantitative estimate of drug-likeness (QED) is 0.532. The standard InChI is InChI=1S/C5H5ClO2/c6-4-2-1-3-8-5(4)7/h1-3,5,7H. The summed E-state index contributed by atoms with van der Waals surface area (Å²) in [5, 5.41) is 9.02. The van der Waals surface area contributed by atoms with E-state index in [9.17, 15) is 0 Å². The van der Waals surface area contributed by atoms with Crippen LogP contribution >= 0.6 is 11.6 Å². The lowest BCUT2D eigenvalue weighted by Gasteiger charge is -2.10. The van der Waals surface area contributed by atoms with Gasteiger partial charge in [0.15, 0.2) is 0 Å². The van der Waals surface area contributed by atoms with E-state index >= 15 is 0 Å². The SMILES string of the molecule is OC1OC=CC=C1Cl. The molecular weight excluding hydrogens is 128 g/mol. The van der Waals surface area contributed by atoms with Gasteiger partial charge in [0, 0.05) is 0 Å². The van der Waals surface area contributed by atoms with Crippen molar-refractivity contribution >= 4 is 11.6 Å². The van der Waals surface area contributed by atoms with Gasteiger partial charge in [-0.25, -0.2) is 0 Å². The second-order valence-corrected chi connectivity index (χ2v) is 1.80. The monoisotopic (exact) mass is 132 g/mol. The molecule has 0 spiro atoms. The highest BCUT2D eigenvalue weighted by molar-refractivity contribution is 6.30. The number of hydrogen-bond acceptors (Lipinski definition) is 2. The summed E-state index contributed by atoms with van der Waals surface area (Å²) in [6.07, 6.45) is 3.63. The number of rotatable bonds is 0. The van der Waals surface area contributed by atoms with Crippen LogP contribution in [0.3, 0.4) is 0 Å². The fourth-order valence-corrected chi connectivity index (χ4v) is 0.522. The lowest BCUT2D eigenvalue weighted by Crippen LogP contribution is -2.09. The van der Waals surface area contributed by atoms with Crippen molar-refractivity contribution in [1.82, 2.24) is 0 Å². The molecule has 0 bridgehead atoms. The van der Waals surface area contributed by atoms with E-state index in [1.54, 1.807) is 12.2 Å². The van der Waals surface area contributed by atoms with Crippen LogP contribution in [0.5, 0.6) is 0 Å². The zero-order chi connectivity index (χ0) is 5.98. The van der Waals surface area contributed by atoms with Crippen LogP contribution in [0.15, 0.2) is 23.4 Å². The molecule has 0 radical (unpaired) electrons. The molecule has 1 unspecified atom stereocenters. The number of aliphatic hydroxyl groups is 1. The Morgan fingerprint density at radius 1 is 1.75 bits per heavy atom. The van der Waals surface area contributed by atoms with E-state index in [0.717, 1.165) is 0 Å². The Hall–Kier alpha value is -0.470. The average Bonchev–Trinajstić information content (AvgIpc) is 1.77. The van der Waals surface area contributed by atoms with E-state index in [-0.39, 0.29) is 0 Å². The molecule has 0 aliphatic carbocycles. The van der Waals surface area contributed by atoms with Crippen molar-refractivity contribution in [3.8, 4) is 0 Å². The van der Waals surface area contributed by atoms with Crippen LogP contribution < -0.4 is 0 Å². The normalized spacial score (nSPS) is 26.8. The minimum absolute atomic E-state index is 0.313. The molecule has 0 aromatic carbocycles. The van der Waals surface area contributed by atoms with Crippen molar-refractivity contribution < 1.29 is 9.84 Å². The van der Waals surface area contributed by atoms with E-state index in [1.165, 1.54) is 6.26 Å². The lowest BCUT2D eigenvalue weighted by atomic mass is 10.4.